The average molecular weight is 501 g/mol. The van der Waals surface area contributed by atoms with E-state index in [4.69, 9.17) is 0 Å². The minimum absolute atomic E-state index is 0.0483. The molecule has 0 aliphatic heterocycles. The number of nitriles is 1. The lowest BCUT2D eigenvalue weighted by Gasteiger charge is -2.16. The number of hydrogen-bond donors (Lipinski definition) is 2. The zero-order valence-corrected chi connectivity index (χ0v) is 21.4. The van der Waals surface area contributed by atoms with Crippen LogP contribution >= 0.6 is 11.3 Å². The normalized spacial score (nSPS) is 14.0. The first-order chi connectivity index (χ1) is 17.3. The molecule has 1 aromatic carbocycles. The molecule has 0 saturated heterocycles. The van der Waals surface area contributed by atoms with E-state index in [0.29, 0.717) is 11.7 Å². The summed E-state index contributed by atoms with van der Waals surface area (Å²) in [7, 11) is 3.82. The van der Waals surface area contributed by atoms with Crippen molar-refractivity contribution in [1.82, 2.24) is 14.9 Å². The first-order valence-corrected chi connectivity index (χ1v) is 12.6. The van der Waals surface area contributed by atoms with Crippen LogP contribution in [0.15, 0.2) is 54.9 Å². The highest BCUT2D eigenvalue weighted by molar-refractivity contribution is 7.15. The lowest BCUT2D eigenvalue weighted by molar-refractivity contribution is -0.118. The van der Waals surface area contributed by atoms with Crippen molar-refractivity contribution in [3.8, 4) is 17.2 Å². The smallest absolute Gasteiger partial charge is 0.249 e. The van der Waals surface area contributed by atoms with Gasteiger partial charge >= 0.3 is 0 Å². The molecule has 1 aliphatic rings. The highest BCUT2D eigenvalue weighted by Crippen LogP contribution is 2.49. The van der Waals surface area contributed by atoms with Crippen LogP contribution in [-0.4, -0.2) is 47.3 Å². The fourth-order valence-electron chi connectivity index (χ4n) is 3.85. The molecule has 0 atom stereocenters. The Kier molecular flexibility index (Phi) is 7.58. The van der Waals surface area contributed by atoms with Gasteiger partial charge in [-0.25, -0.2) is 9.97 Å². The van der Waals surface area contributed by atoms with Gasteiger partial charge in [0.05, 0.1) is 11.0 Å². The van der Waals surface area contributed by atoms with Gasteiger partial charge in [-0.05, 0) is 50.6 Å². The monoisotopic (exact) mass is 500 g/mol. The van der Waals surface area contributed by atoms with Gasteiger partial charge in [-0.15, -0.1) is 11.3 Å². The summed E-state index contributed by atoms with van der Waals surface area (Å²) in [6, 6.07) is 11.6. The third-order valence-electron chi connectivity index (χ3n) is 6.05. The molecule has 0 bridgehead atoms. The minimum Gasteiger partial charge on any atom is -0.306 e. The van der Waals surface area contributed by atoms with Crippen molar-refractivity contribution in [2.75, 3.05) is 31.3 Å². The standard InChI is InChI=1S/C27H28N6O2S/c1-4-22-17-30-26(36-22)32-25(35)27(10-11-27)21-8-5-7-18(14-21)20-13-19(15-28)24(29-16-20)31-23(34)9-6-12-33(2)3/h5-9,13-14,16-17H,4,10-12H2,1-3H3,(H,29,31,34)(H,30,32,35). The molecule has 3 aromatic rings. The summed E-state index contributed by atoms with van der Waals surface area (Å²) in [6.07, 6.45) is 9.00. The number of amides is 2. The van der Waals surface area contributed by atoms with Crippen molar-refractivity contribution in [3.05, 3.63) is 70.9 Å². The van der Waals surface area contributed by atoms with E-state index in [1.54, 1.807) is 24.5 Å². The maximum atomic E-state index is 13.2. The zero-order valence-electron chi connectivity index (χ0n) is 20.5. The Morgan fingerprint density at radius 2 is 1.97 bits per heavy atom. The van der Waals surface area contributed by atoms with E-state index in [9.17, 15) is 14.9 Å². The number of carbonyl (C=O) groups is 2. The van der Waals surface area contributed by atoms with Crippen LogP contribution in [0.1, 0.15) is 35.8 Å². The Bertz CT molecular complexity index is 1350. The second-order valence-electron chi connectivity index (χ2n) is 8.99. The molecule has 0 radical (unpaired) electrons. The Balaban J connectivity index is 1.52. The van der Waals surface area contributed by atoms with Crippen LogP contribution in [-0.2, 0) is 21.4 Å². The predicted molar refractivity (Wildman–Crippen MR) is 142 cm³/mol. The molecule has 0 unspecified atom stereocenters. The summed E-state index contributed by atoms with van der Waals surface area (Å²) in [5.41, 5.74) is 2.19. The number of benzene rings is 1. The molecule has 2 N–H and O–H groups in total. The van der Waals surface area contributed by atoms with Crippen molar-refractivity contribution < 1.29 is 9.59 Å². The molecule has 1 saturated carbocycles. The maximum absolute atomic E-state index is 13.2. The van der Waals surface area contributed by atoms with Gasteiger partial charge in [-0.3, -0.25) is 9.59 Å². The van der Waals surface area contributed by atoms with Crippen LogP contribution in [0.2, 0.25) is 0 Å². The first kappa shape index (κ1) is 25.2. The molecular formula is C27H28N6O2S. The quantitative estimate of drug-likeness (QED) is 0.422. The highest BCUT2D eigenvalue weighted by atomic mass is 32.1. The van der Waals surface area contributed by atoms with Gasteiger partial charge < -0.3 is 15.5 Å². The average Bonchev–Trinajstić information content (AvgIpc) is 3.57. The van der Waals surface area contributed by atoms with E-state index in [0.717, 1.165) is 40.8 Å². The van der Waals surface area contributed by atoms with Gasteiger partial charge in [0.1, 0.15) is 6.07 Å². The third kappa shape index (κ3) is 5.67. The second kappa shape index (κ2) is 10.8. The van der Waals surface area contributed by atoms with E-state index < -0.39 is 5.41 Å². The number of nitrogens with zero attached hydrogens (tertiary/aromatic N) is 4. The van der Waals surface area contributed by atoms with Crippen LogP contribution in [0.3, 0.4) is 0 Å². The molecule has 2 aromatic heterocycles. The number of hydrogen-bond acceptors (Lipinski definition) is 7. The largest absolute Gasteiger partial charge is 0.306 e. The lowest BCUT2D eigenvalue weighted by Crippen LogP contribution is -2.27. The van der Waals surface area contributed by atoms with Gasteiger partial charge in [-0.2, -0.15) is 5.26 Å². The number of aromatic nitrogens is 2. The van der Waals surface area contributed by atoms with Gasteiger partial charge in [0.15, 0.2) is 10.9 Å². The molecule has 1 fully saturated rings. The van der Waals surface area contributed by atoms with E-state index in [1.165, 1.54) is 17.4 Å². The summed E-state index contributed by atoms with van der Waals surface area (Å²) in [4.78, 5) is 37.0. The summed E-state index contributed by atoms with van der Waals surface area (Å²) >= 11 is 1.50. The van der Waals surface area contributed by atoms with E-state index in [-0.39, 0.29) is 23.2 Å². The fraction of sp³-hybridized carbons (Fsp3) is 0.296. The Labute approximate surface area is 214 Å². The number of thiazole rings is 1. The van der Waals surface area contributed by atoms with E-state index >= 15 is 0 Å². The summed E-state index contributed by atoms with van der Waals surface area (Å²) in [5, 5.41) is 15.9. The molecule has 8 nitrogen and oxygen atoms in total. The number of nitrogens with one attached hydrogen (secondary N) is 2. The van der Waals surface area contributed by atoms with Crippen LogP contribution in [0.5, 0.6) is 0 Å². The Morgan fingerprint density at radius 3 is 2.64 bits per heavy atom. The number of anilines is 2. The van der Waals surface area contributed by atoms with Crippen molar-refractivity contribution >= 4 is 34.1 Å². The van der Waals surface area contributed by atoms with Crippen LogP contribution in [0.25, 0.3) is 11.1 Å². The van der Waals surface area contributed by atoms with Gasteiger partial charge in [0, 0.05) is 35.5 Å². The number of likely N-dealkylation sites (N-methyl/N-ethyl adjacent to an activating group) is 1. The lowest BCUT2D eigenvalue weighted by atomic mass is 9.92. The summed E-state index contributed by atoms with van der Waals surface area (Å²) in [6.45, 7) is 2.69. The fourth-order valence-corrected chi connectivity index (χ4v) is 4.60. The first-order valence-electron chi connectivity index (χ1n) is 11.7. The number of carbonyl (C=O) groups excluding carboxylic acids is 2. The Hall–Kier alpha value is -3.87. The maximum Gasteiger partial charge on any atom is 0.249 e. The van der Waals surface area contributed by atoms with Gasteiger partial charge in [-0.1, -0.05) is 37.3 Å². The number of rotatable bonds is 9. The molecule has 1 aliphatic carbocycles. The second-order valence-corrected chi connectivity index (χ2v) is 10.1. The summed E-state index contributed by atoms with van der Waals surface area (Å²) in [5.74, 6) is -0.179. The number of aryl methyl sites for hydroxylation is 1. The van der Waals surface area contributed by atoms with Crippen LogP contribution < -0.4 is 10.6 Å². The number of pyridine rings is 1. The topological polar surface area (TPSA) is 111 Å². The van der Waals surface area contributed by atoms with Crippen molar-refractivity contribution in [3.63, 3.8) is 0 Å². The zero-order chi connectivity index (χ0) is 25.7. The molecule has 4 rings (SSSR count). The van der Waals surface area contributed by atoms with Crippen LogP contribution in [0.4, 0.5) is 10.9 Å². The third-order valence-corrected chi connectivity index (χ3v) is 7.10. The van der Waals surface area contributed by atoms with Crippen molar-refractivity contribution in [2.24, 2.45) is 0 Å². The highest BCUT2D eigenvalue weighted by Gasteiger charge is 2.51. The molecule has 2 heterocycles. The minimum atomic E-state index is -0.577. The van der Waals surface area contributed by atoms with E-state index in [1.807, 2.05) is 43.3 Å². The molecule has 2 amide bonds. The van der Waals surface area contributed by atoms with Gasteiger partial charge in [0.2, 0.25) is 11.8 Å². The van der Waals surface area contributed by atoms with E-state index in [2.05, 4.69) is 33.6 Å². The predicted octanol–water partition coefficient (Wildman–Crippen LogP) is 4.37. The molecular weight excluding hydrogens is 472 g/mol. The molecule has 36 heavy (non-hydrogen) atoms. The molecule has 9 heteroatoms. The SMILES string of the molecule is CCc1cnc(NC(=O)C2(c3cccc(-c4cnc(NC(=O)C=CCN(C)C)c(C#N)c4)c3)CC2)s1. The van der Waals surface area contributed by atoms with Gasteiger partial charge in [0.25, 0.3) is 0 Å². The van der Waals surface area contributed by atoms with Crippen LogP contribution in [0, 0.1) is 11.3 Å². The molecule has 184 valence electrons. The summed E-state index contributed by atoms with van der Waals surface area (Å²) < 4.78 is 0. The molecule has 0 spiro atoms. The van der Waals surface area contributed by atoms with Crippen molar-refractivity contribution in [1.29, 1.82) is 5.26 Å². The van der Waals surface area contributed by atoms with Crippen molar-refractivity contribution in [2.45, 2.75) is 31.6 Å². The Morgan fingerprint density at radius 1 is 1.17 bits per heavy atom.